The highest BCUT2D eigenvalue weighted by atomic mass is 32.1. The predicted octanol–water partition coefficient (Wildman–Crippen LogP) is 2.04. The third-order valence-electron chi connectivity index (χ3n) is 2.74. The highest BCUT2D eigenvalue weighted by Gasteiger charge is 2.18. The lowest BCUT2D eigenvalue weighted by molar-refractivity contribution is 0.182. The smallest absolute Gasteiger partial charge is 0.0495 e. The van der Waals surface area contributed by atoms with E-state index in [-0.39, 0.29) is 0 Å². The van der Waals surface area contributed by atoms with Crippen molar-refractivity contribution in [1.29, 1.82) is 0 Å². The molecule has 1 aromatic heterocycles. The Labute approximate surface area is 89.1 Å². The van der Waals surface area contributed by atoms with Gasteiger partial charge in [-0.1, -0.05) is 0 Å². The molecule has 0 aliphatic carbocycles. The van der Waals surface area contributed by atoms with Crippen molar-refractivity contribution in [2.24, 2.45) is 11.7 Å². The minimum absolute atomic E-state index is 0.302. The van der Waals surface area contributed by atoms with Crippen LogP contribution in [-0.4, -0.2) is 19.3 Å². The van der Waals surface area contributed by atoms with Gasteiger partial charge in [0.2, 0.25) is 0 Å². The summed E-state index contributed by atoms with van der Waals surface area (Å²) in [6, 6.07) is 2.46. The van der Waals surface area contributed by atoms with Crippen LogP contribution in [0.15, 0.2) is 16.8 Å². The Balaban J connectivity index is 1.75. The van der Waals surface area contributed by atoms with Crippen LogP contribution in [0.2, 0.25) is 0 Å². The van der Waals surface area contributed by atoms with E-state index >= 15 is 0 Å². The van der Waals surface area contributed by atoms with E-state index in [1.54, 1.807) is 11.3 Å². The molecule has 0 saturated carbocycles. The molecule has 78 valence electrons. The Morgan fingerprint density at radius 3 is 3.21 bits per heavy atom. The summed E-state index contributed by atoms with van der Waals surface area (Å²) < 4.78 is 5.34. The highest BCUT2D eigenvalue weighted by Crippen LogP contribution is 2.19. The van der Waals surface area contributed by atoms with Gasteiger partial charge in [-0.05, 0) is 47.6 Å². The Morgan fingerprint density at radius 2 is 2.57 bits per heavy atom. The predicted molar refractivity (Wildman–Crippen MR) is 59.5 cm³/mol. The molecular formula is C11H17NOS. The minimum Gasteiger partial charge on any atom is -0.381 e. The Morgan fingerprint density at radius 1 is 1.64 bits per heavy atom. The molecule has 2 nitrogen and oxygen atoms in total. The van der Waals surface area contributed by atoms with Crippen LogP contribution in [0.5, 0.6) is 0 Å². The molecule has 2 unspecified atom stereocenters. The first-order valence-electron chi connectivity index (χ1n) is 5.19. The molecule has 2 rings (SSSR count). The van der Waals surface area contributed by atoms with Gasteiger partial charge in [-0.15, -0.1) is 0 Å². The average molecular weight is 211 g/mol. The molecule has 1 aromatic rings. The Kier molecular flexibility index (Phi) is 3.56. The van der Waals surface area contributed by atoms with E-state index in [4.69, 9.17) is 10.5 Å². The zero-order valence-electron chi connectivity index (χ0n) is 8.32. The molecule has 0 radical (unpaired) electrons. The number of ether oxygens (including phenoxy) is 1. The molecule has 0 bridgehead atoms. The quantitative estimate of drug-likeness (QED) is 0.827. The van der Waals surface area contributed by atoms with Gasteiger partial charge in [0.25, 0.3) is 0 Å². The lowest BCUT2D eigenvalue weighted by Gasteiger charge is -2.14. The van der Waals surface area contributed by atoms with Crippen molar-refractivity contribution >= 4 is 11.3 Å². The molecule has 0 amide bonds. The van der Waals surface area contributed by atoms with E-state index in [1.165, 1.54) is 12.0 Å². The van der Waals surface area contributed by atoms with Crippen molar-refractivity contribution in [3.63, 3.8) is 0 Å². The van der Waals surface area contributed by atoms with E-state index in [2.05, 4.69) is 16.8 Å². The maximum Gasteiger partial charge on any atom is 0.0495 e. The summed E-state index contributed by atoms with van der Waals surface area (Å²) in [5.41, 5.74) is 7.47. The molecule has 14 heavy (non-hydrogen) atoms. The van der Waals surface area contributed by atoms with Crippen LogP contribution in [-0.2, 0) is 11.2 Å². The first-order valence-corrected chi connectivity index (χ1v) is 6.13. The second-order valence-corrected chi connectivity index (χ2v) is 4.84. The SMILES string of the molecule is NC(Cc1ccsc1)CC1CCOC1. The number of nitrogens with two attached hydrogens (primary N) is 1. The summed E-state index contributed by atoms with van der Waals surface area (Å²) in [6.07, 6.45) is 3.31. The molecule has 1 aliphatic rings. The second-order valence-electron chi connectivity index (χ2n) is 4.06. The molecule has 2 atom stereocenters. The molecule has 3 heteroatoms. The number of hydrogen-bond donors (Lipinski definition) is 1. The van der Waals surface area contributed by atoms with Crippen molar-refractivity contribution in [2.45, 2.75) is 25.3 Å². The topological polar surface area (TPSA) is 35.2 Å². The summed E-state index contributed by atoms with van der Waals surface area (Å²) >= 11 is 1.74. The van der Waals surface area contributed by atoms with Crippen molar-refractivity contribution in [2.75, 3.05) is 13.2 Å². The number of hydrogen-bond acceptors (Lipinski definition) is 3. The van der Waals surface area contributed by atoms with Crippen LogP contribution in [0.3, 0.4) is 0 Å². The molecule has 0 spiro atoms. The first-order chi connectivity index (χ1) is 6.84. The monoisotopic (exact) mass is 211 g/mol. The highest BCUT2D eigenvalue weighted by molar-refractivity contribution is 7.07. The number of thiophene rings is 1. The van der Waals surface area contributed by atoms with Gasteiger partial charge < -0.3 is 10.5 Å². The minimum atomic E-state index is 0.302. The summed E-state index contributed by atoms with van der Waals surface area (Å²) in [6.45, 7) is 1.84. The maximum atomic E-state index is 6.09. The van der Waals surface area contributed by atoms with Crippen molar-refractivity contribution < 1.29 is 4.74 Å². The molecule has 2 N–H and O–H groups in total. The average Bonchev–Trinajstić information content (AvgIpc) is 2.76. The zero-order valence-corrected chi connectivity index (χ0v) is 9.13. The first kappa shape index (κ1) is 10.1. The Hall–Kier alpha value is -0.380. The largest absolute Gasteiger partial charge is 0.381 e. The summed E-state index contributed by atoms with van der Waals surface area (Å²) in [4.78, 5) is 0. The normalized spacial score (nSPS) is 23.9. The van der Waals surface area contributed by atoms with Crippen LogP contribution < -0.4 is 5.73 Å². The fourth-order valence-corrected chi connectivity index (χ4v) is 2.67. The van der Waals surface area contributed by atoms with Crippen LogP contribution in [0, 0.1) is 5.92 Å². The molecule has 1 saturated heterocycles. The lowest BCUT2D eigenvalue weighted by Crippen LogP contribution is -2.26. The van der Waals surface area contributed by atoms with E-state index < -0.39 is 0 Å². The van der Waals surface area contributed by atoms with Gasteiger partial charge in [0, 0.05) is 19.3 Å². The van der Waals surface area contributed by atoms with E-state index in [0.717, 1.165) is 26.1 Å². The van der Waals surface area contributed by atoms with E-state index in [0.29, 0.717) is 12.0 Å². The third-order valence-corrected chi connectivity index (χ3v) is 3.47. The van der Waals surface area contributed by atoms with Crippen LogP contribution in [0.25, 0.3) is 0 Å². The van der Waals surface area contributed by atoms with Crippen LogP contribution >= 0.6 is 11.3 Å². The van der Waals surface area contributed by atoms with Gasteiger partial charge in [0.1, 0.15) is 0 Å². The van der Waals surface area contributed by atoms with E-state index in [1.807, 2.05) is 0 Å². The zero-order chi connectivity index (χ0) is 9.80. The van der Waals surface area contributed by atoms with Crippen molar-refractivity contribution in [1.82, 2.24) is 0 Å². The van der Waals surface area contributed by atoms with Crippen molar-refractivity contribution in [3.05, 3.63) is 22.4 Å². The standard InChI is InChI=1S/C11H17NOS/c12-11(5-9-1-3-13-7-9)6-10-2-4-14-8-10/h2,4,8-9,11H,1,3,5-7,12H2. The van der Waals surface area contributed by atoms with Gasteiger partial charge in [0.15, 0.2) is 0 Å². The van der Waals surface area contributed by atoms with Gasteiger partial charge >= 0.3 is 0 Å². The lowest BCUT2D eigenvalue weighted by atomic mass is 9.96. The molecule has 2 heterocycles. The molecule has 0 aromatic carbocycles. The van der Waals surface area contributed by atoms with Gasteiger partial charge in [-0.25, -0.2) is 0 Å². The second kappa shape index (κ2) is 4.91. The fraction of sp³-hybridized carbons (Fsp3) is 0.636. The van der Waals surface area contributed by atoms with Crippen LogP contribution in [0.1, 0.15) is 18.4 Å². The van der Waals surface area contributed by atoms with Gasteiger partial charge in [-0.3, -0.25) is 0 Å². The third kappa shape index (κ3) is 2.80. The fourth-order valence-electron chi connectivity index (χ4n) is 1.99. The van der Waals surface area contributed by atoms with Gasteiger partial charge in [-0.2, -0.15) is 11.3 Å². The summed E-state index contributed by atoms with van der Waals surface area (Å²) in [5.74, 6) is 0.698. The number of rotatable bonds is 4. The Bertz CT molecular complexity index is 254. The van der Waals surface area contributed by atoms with Gasteiger partial charge in [0.05, 0.1) is 0 Å². The maximum absolute atomic E-state index is 6.09. The molecular weight excluding hydrogens is 194 g/mol. The van der Waals surface area contributed by atoms with E-state index in [9.17, 15) is 0 Å². The molecule has 1 fully saturated rings. The molecule has 1 aliphatic heterocycles. The summed E-state index contributed by atoms with van der Waals surface area (Å²) in [5, 5.41) is 4.30. The summed E-state index contributed by atoms with van der Waals surface area (Å²) in [7, 11) is 0. The van der Waals surface area contributed by atoms with Crippen molar-refractivity contribution in [3.8, 4) is 0 Å². The van der Waals surface area contributed by atoms with Crippen LogP contribution in [0.4, 0.5) is 0 Å².